The summed E-state index contributed by atoms with van der Waals surface area (Å²) < 4.78 is 54.6. The van der Waals surface area contributed by atoms with Gasteiger partial charge in [-0.3, -0.25) is 0 Å². The van der Waals surface area contributed by atoms with Gasteiger partial charge in [0, 0.05) is 19.0 Å². The van der Waals surface area contributed by atoms with Crippen molar-refractivity contribution >= 4 is 5.82 Å². The summed E-state index contributed by atoms with van der Waals surface area (Å²) in [6.07, 6.45) is -1.60. The molecule has 0 atom stereocenters. The van der Waals surface area contributed by atoms with Crippen molar-refractivity contribution in [2.45, 2.75) is 45.5 Å². The first kappa shape index (κ1) is 17.5. The van der Waals surface area contributed by atoms with Gasteiger partial charge in [-0.25, -0.2) is 13.8 Å². The summed E-state index contributed by atoms with van der Waals surface area (Å²) >= 11 is 0. The summed E-state index contributed by atoms with van der Waals surface area (Å²) in [6.45, 7) is 3.11. The molecule has 0 amide bonds. The minimum Gasteiger partial charge on any atom is -0.471 e. The van der Waals surface area contributed by atoms with E-state index in [1.807, 2.05) is 13.8 Å². The first-order valence-corrected chi connectivity index (χ1v) is 6.79. The summed E-state index contributed by atoms with van der Waals surface area (Å²) in [5, 5.41) is 2.99. The zero-order chi connectivity index (χ0) is 15.9. The molecule has 0 unspecified atom stereocenters. The monoisotopic (exact) mass is 309 g/mol. The standard InChI is InChI=1S/C13H19F4N3O/c1-3-5-9-19-10(18-6-4-2)7-11(20-9)21-8-13(16,17)12(14)15/h7,12H,3-6,8H2,1-2H3,(H,18,19,20). The molecule has 0 aliphatic heterocycles. The lowest BCUT2D eigenvalue weighted by molar-refractivity contribution is -0.148. The maximum absolute atomic E-state index is 12.8. The Kier molecular flexibility index (Phi) is 6.64. The Morgan fingerprint density at radius 1 is 1.24 bits per heavy atom. The van der Waals surface area contributed by atoms with Crippen molar-refractivity contribution in [3.63, 3.8) is 0 Å². The second-order valence-electron chi connectivity index (χ2n) is 4.53. The molecule has 0 aromatic carbocycles. The fourth-order valence-corrected chi connectivity index (χ4v) is 1.46. The summed E-state index contributed by atoms with van der Waals surface area (Å²) in [5.41, 5.74) is 0. The van der Waals surface area contributed by atoms with Gasteiger partial charge in [0.2, 0.25) is 5.88 Å². The minimum atomic E-state index is -4.20. The molecular weight excluding hydrogens is 290 g/mol. The maximum Gasteiger partial charge on any atom is 0.340 e. The van der Waals surface area contributed by atoms with E-state index in [4.69, 9.17) is 4.74 Å². The Morgan fingerprint density at radius 2 is 1.95 bits per heavy atom. The molecule has 1 N–H and O–H groups in total. The van der Waals surface area contributed by atoms with Crippen molar-refractivity contribution in [3.8, 4) is 5.88 Å². The molecule has 1 rings (SSSR count). The van der Waals surface area contributed by atoms with Gasteiger partial charge in [0.15, 0.2) is 6.61 Å². The molecule has 0 saturated heterocycles. The molecule has 0 spiro atoms. The highest BCUT2D eigenvalue weighted by atomic mass is 19.3. The van der Waals surface area contributed by atoms with E-state index in [0.717, 1.165) is 12.8 Å². The van der Waals surface area contributed by atoms with Crippen molar-refractivity contribution < 1.29 is 22.3 Å². The second-order valence-corrected chi connectivity index (χ2v) is 4.53. The predicted octanol–water partition coefficient (Wildman–Crippen LogP) is 3.53. The molecule has 0 aliphatic carbocycles. The highest BCUT2D eigenvalue weighted by molar-refractivity contribution is 5.38. The molecule has 1 aromatic heterocycles. The first-order valence-electron chi connectivity index (χ1n) is 6.79. The van der Waals surface area contributed by atoms with Crippen LogP contribution in [0, 0.1) is 0 Å². The van der Waals surface area contributed by atoms with Gasteiger partial charge < -0.3 is 10.1 Å². The quantitative estimate of drug-likeness (QED) is 0.709. The van der Waals surface area contributed by atoms with Crippen molar-refractivity contribution in [3.05, 3.63) is 11.9 Å². The Bertz CT molecular complexity index is 443. The third-order valence-electron chi connectivity index (χ3n) is 2.51. The van der Waals surface area contributed by atoms with Crippen LogP contribution in [0.3, 0.4) is 0 Å². The number of alkyl halides is 4. The van der Waals surface area contributed by atoms with Crippen LogP contribution in [0.1, 0.15) is 32.5 Å². The van der Waals surface area contributed by atoms with E-state index >= 15 is 0 Å². The first-order chi connectivity index (χ1) is 9.89. The topological polar surface area (TPSA) is 47.0 Å². The van der Waals surface area contributed by atoms with Crippen LogP contribution in [0.15, 0.2) is 6.07 Å². The van der Waals surface area contributed by atoms with Gasteiger partial charge in [-0.2, -0.15) is 13.8 Å². The molecule has 1 aromatic rings. The SMILES string of the molecule is CCCNc1cc(OCC(F)(F)C(F)F)nc(CCC)n1. The van der Waals surface area contributed by atoms with Crippen LogP contribution < -0.4 is 10.1 Å². The number of ether oxygens (including phenoxy) is 1. The molecule has 0 fully saturated rings. The summed E-state index contributed by atoms with van der Waals surface area (Å²) in [4.78, 5) is 8.14. The third-order valence-corrected chi connectivity index (χ3v) is 2.51. The average molecular weight is 309 g/mol. The van der Waals surface area contributed by atoms with Crippen molar-refractivity contribution in [1.29, 1.82) is 0 Å². The zero-order valence-corrected chi connectivity index (χ0v) is 12.0. The van der Waals surface area contributed by atoms with E-state index in [9.17, 15) is 17.6 Å². The number of aromatic nitrogens is 2. The fraction of sp³-hybridized carbons (Fsp3) is 0.692. The normalized spacial score (nSPS) is 11.8. The molecule has 1 heterocycles. The number of aryl methyl sites for hydroxylation is 1. The van der Waals surface area contributed by atoms with Gasteiger partial charge in [-0.15, -0.1) is 0 Å². The summed E-state index contributed by atoms with van der Waals surface area (Å²) in [7, 11) is 0. The number of anilines is 1. The molecule has 8 heteroatoms. The number of halogens is 4. The van der Waals surface area contributed by atoms with E-state index in [1.54, 1.807) is 0 Å². The van der Waals surface area contributed by atoms with Gasteiger partial charge in [0.05, 0.1) is 0 Å². The van der Waals surface area contributed by atoms with E-state index in [2.05, 4.69) is 15.3 Å². The van der Waals surface area contributed by atoms with Gasteiger partial charge in [0.25, 0.3) is 0 Å². The van der Waals surface area contributed by atoms with Gasteiger partial charge in [-0.1, -0.05) is 13.8 Å². The van der Waals surface area contributed by atoms with Crippen LogP contribution in [0.25, 0.3) is 0 Å². The minimum absolute atomic E-state index is 0.132. The smallest absolute Gasteiger partial charge is 0.340 e. The lowest BCUT2D eigenvalue weighted by Crippen LogP contribution is -2.34. The summed E-state index contributed by atoms with van der Waals surface area (Å²) in [5.74, 6) is -3.47. The van der Waals surface area contributed by atoms with Crippen LogP contribution in [0.4, 0.5) is 23.4 Å². The zero-order valence-electron chi connectivity index (χ0n) is 12.0. The largest absolute Gasteiger partial charge is 0.471 e. The van der Waals surface area contributed by atoms with Gasteiger partial charge in [-0.05, 0) is 12.8 Å². The molecule has 21 heavy (non-hydrogen) atoms. The molecule has 0 bridgehead atoms. The Balaban J connectivity index is 2.82. The van der Waals surface area contributed by atoms with E-state index in [1.165, 1.54) is 6.07 Å². The van der Waals surface area contributed by atoms with Crippen LogP contribution in [0.2, 0.25) is 0 Å². The van der Waals surface area contributed by atoms with Crippen molar-refractivity contribution in [1.82, 2.24) is 9.97 Å². The van der Waals surface area contributed by atoms with E-state index in [-0.39, 0.29) is 5.88 Å². The molecular formula is C13H19F4N3O. The number of nitrogens with zero attached hydrogens (tertiary/aromatic N) is 2. The predicted molar refractivity (Wildman–Crippen MR) is 71.3 cm³/mol. The lowest BCUT2D eigenvalue weighted by atomic mass is 10.3. The Hall–Kier alpha value is -1.60. The average Bonchev–Trinajstić information content (AvgIpc) is 2.43. The molecule has 0 aliphatic rings. The van der Waals surface area contributed by atoms with Crippen LogP contribution in [-0.2, 0) is 6.42 Å². The highest BCUT2D eigenvalue weighted by Crippen LogP contribution is 2.24. The highest BCUT2D eigenvalue weighted by Gasteiger charge is 2.41. The lowest BCUT2D eigenvalue weighted by Gasteiger charge is -2.16. The molecule has 120 valence electrons. The van der Waals surface area contributed by atoms with Crippen LogP contribution in [0.5, 0.6) is 5.88 Å². The van der Waals surface area contributed by atoms with Gasteiger partial charge >= 0.3 is 12.3 Å². The Labute approximate surface area is 120 Å². The van der Waals surface area contributed by atoms with Gasteiger partial charge in [0.1, 0.15) is 11.6 Å². The molecule has 4 nitrogen and oxygen atoms in total. The van der Waals surface area contributed by atoms with Crippen LogP contribution >= 0.6 is 0 Å². The molecule has 0 radical (unpaired) electrons. The van der Waals surface area contributed by atoms with E-state index in [0.29, 0.717) is 24.6 Å². The second kappa shape index (κ2) is 7.99. The Morgan fingerprint density at radius 3 is 2.52 bits per heavy atom. The fourth-order valence-electron chi connectivity index (χ4n) is 1.46. The van der Waals surface area contributed by atoms with Crippen molar-refractivity contribution in [2.24, 2.45) is 0 Å². The molecule has 0 saturated carbocycles. The number of nitrogens with one attached hydrogen (secondary N) is 1. The van der Waals surface area contributed by atoms with E-state index < -0.39 is 19.0 Å². The third kappa shape index (κ3) is 5.73. The summed E-state index contributed by atoms with van der Waals surface area (Å²) in [6, 6.07) is 1.33. The number of hydrogen-bond donors (Lipinski definition) is 1. The maximum atomic E-state index is 12.8. The number of rotatable bonds is 9. The van der Waals surface area contributed by atoms with Crippen molar-refractivity contribution in [2.75, 3.05) is 18.5 Å². The van der Waals surface area contributed by atoms with Crippen LogP contribution in [-0.4, -0.2) is 35.5 Å². The number of hydrogen-bond acceptors (Lipinski definition) is 4.